The van der Waals surface area contributed by atoms with Crippen LogP contribution in [0.25, 0.3) is 12.2 Å². The topological polar surface area (TPSA) is 105 Å². The number of ether oxygens (including phenoxy) is 4. The van der Waals surface area contributed by atoms with Crippen molar-refractivity contribution in [3.8, 4) is 11.5 Å². The van der Waals surface area contributed by atoms with Crippen LogP contribution in [0.4, 0.5) is 0 Å². The van der Waals surface area contributed by atoms with Gasteiger partial charge in [0.25, 0.3) is 0 Å². The van der Waals surface area contributed by atoms with Gasteiger partial charge in [0.05, 0.1) is 19.6 Å². The Morgan fingerprint density at radius 2 is 0.930 bits per heavy atom. The van der Waals surface area contributed by atoms with Gasteiger partial charge in [0.15, 0.2) is 11.6 Å². The third kappa shape index (κ3) is 16.7. The molecule has 43 heavy (non-hydrogen) atoms. The number of ketones is 2. The second kappa shape index (κ2) is 17.0. The summed E-state index contributed by atoms with van der Waals surface area (Å²) < 4.78 is 21.9. The van der Waals surface area contributed by atoms with E-state index in [2.05, 4.69) is 0 Å². The molecule has 8 heteroatoms. The van der Waals surface area contributed by atoms with Gasteiger partial charge in [0.2, 0.25) is 0 Å². The molecule has 2 rings (SSSR count). The summed E-state index contributed by atoms with van der Waals surface area (Å²) in [5.41, 5.74) is 0.601. The zero-order valence-electron chi connectivity index (χ0n) is 26.1. The van der Waals surface area contributed by atoms with Crippen molar-refractivity contribution in [2.24, 2.45) is 0 Å². The summed E-state index contributed by atoms with van der Waals surface area (Å²) >= 11 is 0. The van der Waals surface area contributed by atoms with E-state index in [1.165, 1.54) is 12.2 Å². The minimum Gasteiger partial charge on any atom is -0.494 e. The fourth-order valence-corrected chi connectivity index (χ4v) is 3.62. The lowest BCUT2D eigenvalue weighted by atomic mass is 10.1. The van der Waals surface area contributed by atoms with Crippen molar-refractivity contribution >= 4 is 35.7 Å². The monoisotopic (exact) mass is 592 g/mol. The Labute approximate surface area is 255 Å². The Morgan fingerprint density at radius 1 is 0.581 bits per heavy atom. The normalized spacial score (nSPS) is 11.9. The summed E-state index contributed by atoms with van der Waals surface area (Å²) in [5.74, 6) is 0.220. The van der Waals surface area contributed by atoms with Crippen LogP contribution in [0.1, 0.15) is 84.8 Å². The lowest BCUT2D eigenvalue weighted by molar-refractivity contribution is -0.156. The summed E-state index contributed by atoms with van der Waals surface area (Å²) in [6, 6.07) is 14.4. The Kier molecular flexibility index (Phi) is 13.9. The number of allylic oxidation sites excluding steroid dienone is 2. The molecule has 0 aliphatic carbocycles. The zero-order valence-corrected chi connectivity index (χ0v) is 26.1. The van der Waals surface area contributed by atoms with E-state index in [9.17, 15) is 19.2 Å². The first-order valence-corrected chi connectivity index (χ1v) is 14.5. The lowest BCUT2D eigenvalue weighted by Gasteiger charge is -2.19. The number of carbonyl (C=O) groups is 4. The van der Waals surface area contributed by atoms with Crippen molar-refractivity contribution in [3.05, 3.63) is 71.8 Å². The highest BCUT2D eigenvalue weighted by molar-refractivity contribution is 6.10. The number of hydrogen-bond donors (Lipinski definition) is 0. The summed E-state index contributed by atoms with van der Waals surface area (Å²) in [6.07, 6.45) is 7.51. The molecule has 0 heterocycles. The van der Waals surface area contributed by atoms with Crippen LogP contribution < -0.4 is 9.47 Å². The summed E-state index contributed by atoms with van der Waals surface area (Å²) in [6.45, 7) is 11.8. The molecule has 8 nitrogen and oxygen atoms in total. The SMILES string of the molecule is CC(C)(C)OC(=O)CCCOc1ccc(/C=C/C(=O)CC(=O)/C=C/c2ccc(OCCCC(=O)OC(C)(C)C)cc2)cc1. The van der Waals surface area contributed by atoms with Crippen LogP contribution in [0, 0.1) is 0 Å². The van der Waals surface area contributed by atoms with Crippen LogP contribution in [0.15, 0.2) is 60.7 Å². The molecular weight excluding hydrogens is 548 g/mol. The minimum atomic E-state index is -0.495. The molecule has 0 atom stereocenters. The Morgan fingerprint density at radius 3 is 1.26 bits per heavy atom. The van der Waals surface area contributed by atoms with Gasteiger partial charge in [0.1, 0.15) is 22.7 Å². The van der Waals surface area contributed by atoms with Gasteiger partial charge in [-0.3, -0.25) is 19.2 Å². The van der Waals surface area contributed by atoms with E-state index in [4.69, 9.17) is 18.9 Å². The third-order valence-electron chi connectivity index (χ3n) is 5.46. The number of hydrogen-bond acceptors (Lipinski definition) is 8. The maximum Gasteiger partial charge on any atom is 0.306 e. The van der Waals surface area contributed by atoms with Crippen molar-refractivity contribution in [2.75, 3.05) is 13.2 Å². The quantitative estimate of drug-likeness (QED) is 0.0893. The molecule has 0 amide bonds. The lowest BCUT2D eigenvalue weighted by Crippen LogP contribution is -2.24. The fourth-order valence-electron chi connectivity index (χ4n) is 3.62. The van der Waals surface area contributed by atoms with E-state index in [1.807, 2.05) is 65.8 Å². The number of benzene rings is 2. The van der Waals surface area contributed by atoms with Crippen molar-refractivity contribution in [1.29, 1.82) is 0 Å². The maximum absolute atomic E-state index is 12.3. The molecule has 0 fully saturated rings. The molecule has 0 radical (unpaired) electrons. The van der Waals surface area contributed by atoms with E-state index in [1.54, 1.807) is 36.4 Å². The zero-order chi connectivity index (χ0) is 31.9. The molecule has 0 N–H and O–H groups in total. The molecule has 0 aliphatic heterocycles. The molecule has 0 aromatic heterocycles. The van der Waals surface area contributed by atoms with Crippen LogP contribution in [0.3, 0.4) is 0 Å². The third-order valence-corrected chi connectivity index (χ3v) is 5.46. The Hall–Kier alpha value is -4.20. The summed E-state index contributed by atoms with van der Waals surface area (Å²) in [7, 11) is 0. The van der Waals surface area contributed by atoms with Gasteiger partial charge in [-0.1, -0.05) is 36.4 Å². The second-order valence-corrected chi connectivity index (χ2v) is 12.0. The van der Waals surface area contributed by atoms with E-state index >= 15 is 0 Å². The van der Waals surface area contributed by atoms with Crippen molar-refractivity contribution in [2.45, 2.75) is 84.8 Å². The smallest absolute Gasteiger partial charge is 0.306 e. The molecule has 232 valence electrons. The highest BCUT2D eigenvalue weighted by Crippen LogP contribution is 2.16. The highest BCUT2D eigenvalue weighted by atomic mass is 16.6. The largest absolute Gasteiger partial charge is 0.494 e. The molecule has 0 bridgehead atoms. The van der Waals surface area contributed by atoms with Gasteiger partial charge in [-0.05, 0) is 102 Å². The van der Waals surface area contributed by atoms with Crippen LogP contribution in [-0.2, 0) is 28.7 Å². The van der Waals surface area contributed by atoms with Gasteiger partial charge >= 0.3 is 11.9 Å². The van der Waals surface area contributed by atoms with Gasteiger partial charge in [-0.2, -0.15) is 0 Å². The first-order valence-electron chi connectivity index (χ1n) is 14.5. The van der Waals surface area contributed by atoms with E-state index in [0.29, 0.717) is 37.6 Å². The minimum absolute atomic E-state index is 0.231. The van der Waals surface area contributed by atoms with Crippen LogP contribution in [0.5, 0.6) is 11.5 Å². The second-order valence-electron chi connectivity index (χ2n) is 12.0. The fraction of sp³-hybridized carbons (Fsp3) is 0.429. The van der Waals surface area contributed by atoms with Crippen molar-refractivity contribution in [3.63, 3.8) is 0 Å². The van der Waals surface area contributed by atoms with Crippen LogP contribution >= 0.6 is 0 Å². The molecular formula is C35H44O8. The molecule has 0 unspecified atom stereocenters. The first-order chi connectivity index (χ1) is 20.2. The Balaban J connectivity index is 1.68. The molecule has 2 aromatic carbocycles. The number of rotatable bonds is 16. The van der Waals surface area contributed by atoms with Gasteiger partial charge < -0.3 is 18.9 Å². The summed E-state index contributed by atoms with van der Waals surface area (Å²) in [5, 5.41) is 0. The van der Waals surface area contributed by atoms with Crippen LogP contribution in [0.2, 0.25) is 0 Å². The number of carbonyl (C=O) groups excluding carboxylic acids is 4. The number of esters is 2. The molecule has 0 saturated heterocycles. The average molecular weight is 593 g/mol. The van der Waals surface area contributed by atoms with Gasteiger partial charge in [-0.15, -0.1) is 0 Å². The summed E-state index contributed by atoms with van der Waals surface area (Å²) in [4.78, 5) is 48.0. The average Bonchev–Trinajstić information content (AvgIpc) is 2.90. The molecule has 0 aliphatic rings. The molecule has 2 aromatic rings. The molecule has 0 spiro atoms. The van der Waals surface area contributed by atoms with Crippen molar-refractivity contribution < 1.29 is 38.1 Å². The Bertz CT molecular complexity index is 1160. The first kappa shape index (κ1) is 35.0. The van der Waals surface area contributed by atoms with E-state index < -0.39 is 11.2 Å². The predicted molar refractivity (Wildman–Crippen MR) is 167 cm³/mol. The molecule has 0 saturated carbocycles. The van der Waals surface area contributed by atoms with E-state index in [-0.39, 0.29) is 42.8 Å². The highest BCUT2D eigenvalue weighted by Gasteiger charge is 2.16. The van der Waals surface area contributed by atoms with Crippen LogP contribution in [-0.4, -0.2) is 47.9 Å². The van der Waals surface area contributed by atoms with Gasteiger partial charge in [0, 0.05) is 12.8 Å². The van der Waals surface area contributed by atoms with Crippen molar-refractivity contribution in [1.82, 2.24) is 0 Å². The maximum atomic E-state index is 12.3. The standard InChI is InChI=1S/C35H44O8/c1-34(2,3)42-32(38)9-7-23-40-30-19-13-26(14-20-30)11-17-28(36)25-29(37)18-12-27-15-21-31(22-16-27)41-24-8-10-33(39)43-35(4,5)6/h11-22H,7-10,23-25H2,1-6H3/b17-11+,18-12+. The van der Waals surface area contributed by atoms with Gasteiger partial charge in [-0.25, -0.2) is 0 Å². The van der Waals surface area contributed by atoms with E-state index in [0.717, 1.165) is 11.1 Å². The predicted octanol–water partition coefficient (Wildman–Crippen LogP) is 6.94.